The lowest BCUT2D eigenvalue weighted by Gasteiger charge is -2.16. The quantitative estimate of drug-likeness (QED) is 0.679. The highest BCUT2D eigenvalue weighted by molar-refractivity contribution is 7.89. The summed E-state index contributed by atoms with van der Waals surface area (Å²) in [5.41, 5.74) is 0.352. The van der Waals surface area contributed by atoms with Crippen molar-refractivity contribution >= 4 is 27.5 Å². The number of ether oxygens (including phenoxy) is 1. The van der Waals surface area contributed by atoms with Crippen molar-refractivity contribution in [2.45, 2.75) is 17.7 Å². The van der Waals surface area contributed by atoms with E-state index >= 15 is 0 Å². The first-order valence-electron chi connectivity index (χ1n) is 9.30. The minimum Gasteiger partial charge on any atom is -0.484 e. The molecule has 9 heteroatoms. The lowest BCUT2D eigenvalue weighted by Crippen LogP contribution is -2.35. The lowest BCUT2D eigenvalue weighted by atomic mass is 10.3. The van der Waals surface area contributed by atoms with Gasteiger partial charge >= 0.3 is 0 Å². The van der Waals surface area contributed by atoms with E-state index in [1.165, 1.54) is 16.4 Å². The highest BCUT2D eigenvalue weighted by atomic mass is 32.2. The zero-order valence-electron chi connectivity index (χ0n) is 15.8. The maximum atomic E-state index is 12.6. The zero-order chi connectivity index (χ0) is 20.7. The summed E-state index contributed by atoms with van der Waals surface area (Å²) in [5.74, 6) is -0.341. The molecule has 0 aromatic heterocycles. The Bertz CT molecular complexity index is 957. The fourth-order valence-electron chi connectivity index (χ4n) is 2.91. The van der Waals surface area contributed by atoms with Gasteiger partial charge in [0.25, 0.3) is 5.91 Å². The topological polar surface area (TPSA) is 105 Å². The van der Waals surface area contributed by atoms with E-state index in [1.807, 2.05) is 6.07 Å². The molecule has 2 aromatic carbocycles. The Morgan fingerprint density at radius 3 is 2.41 bits per heavy atom. The Balaban J connectivity index is 1.49. The van der Waals surface area contributed by atoms with Crippen molar-refractivity contribution < 1.29 is 22.7 Å². The molecule has 2 N–H and O–H groups in total. The predicted molar refractivity (Wildman–Crippen MR) is 108 cm³/mol. The summed E-state index contributed by atoms with van der Waals surface area (Å²) in [5, 5.41) is 5.06. The number of hydrogen-bond acceptors (Lipinski definition) is 5. The molecule has 0 atom stereocenters. The molecule has 0 bridgehead atoms. The summed E-state index contributed by atoms with van der Waals surface area (Å²) in [6, 6.07) is 15.0. The maximum Gasteiger partial charge on any atom is 0.258 e. The minimum atomic E-state index is -3.56. The first-order chi connectivity index (χ1) is 13.9. The molecule has 3 rings (SSSR count). The van der Waals surface area contributed by atoms with E-state index < -0.39 is 21.8 Å². The van der Waals surface area contributed by atoms with Gasteiger partial charge in [-0.15, -0.1) is 0 Å². The molecule has 0 radical (unpaired) electrons. The smallest absolute Gasteiger partial charge is 0.258 e. The average Bonchev–Trinajstić information content (AvgIpc) is 3.27. The molecule has 1 aliphatic heterocycles. The average molecular weight is 417 g/mol. The highest BCUT2D eigenvalue weighted by Gasteiger charge is 2.27. The van der Waals surface area contributed by atoms with Crippen molar-refractivity contribution in [3.8, 4) is 5.75 Å². The summed E-state index contributed by atoms with van der Waals surface area (Å²) in [4.78, 5) is 24.0. The largest absolute Gasteiger partial charge is 0.484 e. The molecule has 0 saturated carbocycles. The van der Waals surface area contributed by atoms with Gasteiger partial charge in [0, 0.05) is 18.8 Å². The van der Waals surface area contributed by atoms with Gasteiger partial charge in [0.15, 0.2) is 6.61 Å². The van der Waals surface area contributed by atoms with E-state index in [-0.39, 0.29) is 18.0 Å². The van der Waals surface area contributed by atoms with Crippen molar-refractivity contribution in [1.82, 2.24) is 9.62 Å². The second-order valence-corrected chi connectivity index (χ2v) is 8.50. The van der Waals surface area contributed by atoms with Crippen LogP contribution in [0, 0.1) is 0 Å². The van der Waals surface area contributed by atoms with E-state index in [0.717, 1.165) is 12.8 Å². The number of carbonyl (C=O) groups excluding carboxylic acids is 2. The third kappa shape index (κ3) is 5.78. The second kappa shape index (κ2) is 9.53. The van der Waals surface area contributed by atoms with Crippen LogP contribution in [-0.4, -0.2) is 50.8 Å². The Hall–Kier alpha value is -2.91. The normalized spacial score (nSPS) is 14.3. The number of rotatable bonds is 8. The molecule has 1 fully saturated rings. The fraction of sp³-hybridized carbons (Fsp3) is 0.300. The van der Waals surface area contributed by atoms with E-state index in [0.29, 0.717) is 24.5 Å². The molecule has 0 aliphatic carbocycles. The zero-order valence-corrected chi connectivity index (χ0v) is 16.7. The third-order valence-corrected chi connectivity index (χ3v) is 6.27. The summed E-state index contributed by atoms with van der Waals surface area (Å²) >= 11 is 0. The van der Waals surface area contributed by atoms with Crippen LogP contribution >= 0.6 is 0 Å². The van der Waals surface area contributed by atoms with E-state index in [9.17, 15) is 18.0 Å². The van der Waals surface area contributed by atoms with Crippen molar-refractivity contribution in [2.24, 2.45) is 0 Å². The molecule has 2 aromatic rings. The molecule has 29 heavy (non-hydrogen) atoms. The number of nitrogens with one attached hydrogen (secondary N) is 2. The summed E-state index contributed by atoms with van der Waals surface area (Å²) < 4.78 is 32.0. The van der Waals surface area contributed by atoms with Crippen LogP contribution in [-0.2, 0) is 19.6 Å². The number of nitrogens with zero attached hydrogens (tertiary/aromatic N) is 1. The van der Waals surface area contributed by atoms with E-state index in [1.54, 1.807) is 36.4 Å². The van der Waals surface area contributed by atoms with Crippen molar-refractivity contribution in [3.05, 3.63) is 54.6 Å². The Kier molecular flexibility index (Phi) is 6.84. The minimum absolute atomic E-state index is 0.137. The first-order valence-corrected chi connectivity index (χ1v) is 10.7. The second-order valence-electron chi connectivity index (χ2n) is 6.57. The number of hydrogen-bond donors (Lipinski definition) is 2. The van der Waals surface area contributed by atoms with Crippen LogP contribution in [0.1, 0.15) is 12.8 Å². The number of benzene rings is 2. The van der Waals surface area contributed by atoms with Crippen LogP contribution in [0.15, 0.2) is 59.5 Å². The van der Waals surface area contributed by atoms with Crippen LogP contribution in [0.5, 0.6) is 5.75 Å². The standard InChI is InChI=1S/C20H23N3O5S/c24-19(14-21-20(25)15-28-17-8-2-1-3-9-17)22-16-7-6-10-18(13-16)29(26,27)23-11-4-5-12-23/h1-3,6-10,13H,4-5,11-12,14-15H2,(H,21,25)(H,22,24). The number of carbonyl (C=O) groups is 2. The molecule has 1 heterocycles. The summed E-state index contributed by atoms with van der Waals surface area (Å²) in [7, 11) is -3.56. The number of amides is 2. The van der Waals surface area contributed by atoms with Gasteiger partial charge in [-0.3, -0.25) is 9.59 Å². The van der Waals surface area contributed by atoms with E-state index in [4.69, 9.17) is 4.74 Å². The van der Waals surface area contributed by atoms with Crippen LogP contribution < -0.4 is 15.4 Å². The molecule has 0 unspecified atom stereocenters. The van der Waals surface area contributed by atoms with Gasteiger partial charge in [-0.1, -0.05) is 24.3 Å². The summed E-state index contributed by atoms with van der Waals surface area (Å²) in [6.07, 6.45) is 1.70. The molecule has 2 amide bonds. The SMILES string of the molecule is O=C(COc1ccccc1)NCC(=O)Nc1cccc(S(=O)(=O)N2CCCC2)c1. The number of anilines is 1. The van der Waals surface area contributed by atoms with Gasteiger partial charge in [0.1, 0.15) is 5.75 Å². The lowest BCUT2D eigenvalue weighted by molar-refractivity contribution is -0.125. The monoisotopic (exact) mass is 417 g/mol. The molecule has 8 nitrogen and oxygen atoms in total. The highest BCUT2D eigenvalue weighted by Crippen LogP contribution is 2.23. The Morgan fingerprint density at radius 1 is 0.966 bits per heavy atom. The first kappa shape index (κ1) is 20.8. The Morgan fingerprint density at radius 2 is 1.69 bits per heavy atom. The number of para-hydroxylation sites is 1. The van der Waals surface area contributed by atoms with Crippen molar-refractivity contribution in [1.29, 1.82) is 0 Å². The van der Waals surface area contributed by atoms with Crippen LogP contribution in [0.2, 0.25) is 0 Å². The fourth-order valence-corrected chi connectivity index (χ4v) is 4.48. The third-order valence-electron chi connectivity index (χ3n) is 4.38. The van der Waals surface area contributed by atoms with Crippen LogP contribution in [0.25, 0.3) is 0 Å². The molecule has 1 aliphatic rings. The number of sulfonamides is 1. The van der Waals surface area contributed by atoms with Gasteiger partial charge in [-0.05, 0) is 43.2 Å². The maximum absolute atomic E-state index is 12.6. The van der Waals surface area contributed by atoms with Gasteiger partial charge in [0.2, 0.25) is 15.9 Å². The van der Waals surface area contributed by atoms with Gasteiger partial charge in [0.05, 0.1) is 11.4 Å². The Labute approximate surface area is 169 Å². The van der Waals surface area contributed by atoms with Gasteiger partial charge < -0.3 is 15.4 Å². The predicted octanol–water partition coefficient (Wildman–Crippen LogP) is 1.60. The molecule has 1 saturated heterocycles. The molecular formula is C20H23N3O5S. The van der Waals surface area contributed by atoms with Crippen molar-refractivity contribution in [3.63, 3.8) is 0 Å². The van der Waals surface area contributed by atoms with Crippen LogP contribution in [0.3, 0.4) is 0 Å². The summed E-state index contributed by atoms with van der Waals surface area (Å²) in [6.45, 7) is 0.562. The van der Waals surface area contributed by atoms with Crippen LogP contribution in [0.4, 0.5) is 5.69 Å². The van der Waals surface area contributed by atoms with Gasteiger partial charge in [-0.2, -0.15) is 4.31 Å². The molecule has 0 spiro atoms. The van der Waals surface area contributed by atoms with Crippen molar-refractivity contribution in [2.75, 3.05) is 31.6 Å². The molecular weight excluding hydrogens is 394 g/mol. The van der Waals surface area contributed by atoms with Gasteiger partial charge in [-0.25, -0.2) is 8.42 Å². The molecule has 154 valence electrons. The van der Waals surface area contributed by atoms with E-state index in [2.05, 4.69) is 10.6 Å².